The number of nitrogens with zero attached hydrogens (tertiary/aromatic N) is 3. The standard InChI is InChI=1S/C11H13N5O5/c12-10-13-2-4-8(14-10)16(11(20)15-9(4)19)7-1-5(18)6(3-17)21-7/h2,5-7,17-18H,1,3H2,(H2,12,13,14)(H,15,19,20)/t5-,6+,7-/m0/s1. The van der Waals surface area contributed by atoms with Gasteiger partial charge in [0.2, 0.25) is 5.95 Å². The summed E-state index contributed by atoms with van der Waals surface area (Å²) < 4.78 is 6.51. The molecule has 10 heteroatoms. The number of ether oxygens (including phenoxy) is 1. The van der Waals surface area contributed by atoms with Crippen LogP contribution in [0.15, 0.2) is 15.8 Å². The van der Waals surface area contributed by atoms with Crippen LogP contribution >= 0.6 is 0 Å². The molecule has 0 amide bonds. The van der Waals surface area contributed by atoms with Crippen molar-refractivity contribution in [1.29, 1.82) is 0 Å². The molecule has 2 aromatic heterocycles. The quantitative estimate of drug-likeness (QED) is 0.482. The van der Waals surface area contributed by atoms with Crippen molar-refractivity contribution in [2.75, 3.05) is 12.3 Å². The molecule has 1 fully saturated rings. The number of hydrogen-bond acceptors (Lipinski definition) is 8. The number of rotatable bonds is 2. The third kappa shape index (κ3) is 2.18. The number of nitrogens with two attached hydrogens (primary N) is 1. The van der Waals surface area contributed by atoms with Gasteiger partial charge in [0.25, 0.3) is 5.56 Å². The molecule has 3 atom stereocenters. The van der Waals surface area contributed by atoms with E-state index in [4.69, 9.17) is 15.6 Å². The molecule has 10 nitrogen and oxygen atoms in total. The molecule has 2 aromatic rings. The Labute approximate surface area is 116 Å². The molecule has 0 radical (unpaired) electrons. The molecule has 21 heavy (non-hydrogen) atoms. The van der Waals surface area contributed by atoms with Crippen LogP contribution in [0.3, 0.4) is 0 Å². The SMILES string of the molecule is Nc1ncc2c(=O)[nH]c(=O)n([C@@H]3C[C@H](O)[C@@H](CO)O3)c2n1. The van der Waals surface area contributed by atoms with Gasteiger partial charge in [0.15, 0.2) is 5.65 Å². The highest BCUT2D eigenvalue weighted by Crippen LogP contribution is 2.28. The summed E-state index contributed by atoms with van der Waals surface area (Å²) in [5.41, 5.74) is 4.14. The van der Waals surface area contributed by atoms with E-state index in [9.17, 15) is 14.7 Å². The number of nitrogen functional groups attached to an aromatic ring is 1. The summed E-state index contributed by atoms with van der Waals surface area (Å²) >= 11 is 0. The minimum atomic E-state index is -0.923. The molecule has 0 unspecified atom stereocenters. The second kappa shape index (κ2) is 4.91. The number of aliphatic hydroxyl groups excluding tert-OH is 2. The number of aliphatic hydroxyl groups is 2. The summed E-state index contributed by atoms with van der Waals surface area (Å²) in [6.07, 6.45) is -1.30. The molecule has 0 bridgehead atoms. The number of aromatic amines is 1. The summed E-state index contributed by atoms with van der Waals surface area (Å²) in [7, 11) is 0. The van der Waals surface area contributed by atoms with E-state index in [0.29, 0.717) is 0 Å². The monoisotopic (exact) mass is 295 g/mol. The molecule has 0 spiro atoms. The van der Waals surface area contributed by atoms with E-state index in [-0.39, 0.29) is 30.0 Å². The lowest BCUT2D eigenvalue weighted by atomic mass is 10.2. The summed E-state index contributed by atoms with van der Waals surface area (Å²) in [5, 5.41) is 18.9. The fraction of sp³-hybridized carbons (Fsp3) is 0.455. The second-order valence-electron chi connectivity index (χ2n) is 4.71. The summed E-state index contributed by atoms with van der Waals surface area (Å²) in [5.74, 6) is -0.0986. The predicted octanol–water partition coefficient (Wildman–Crippen LogP) is -2.30. The molecule has 1 aliphatic heterocycles. The van der Waals surface area contributed by atoms with Crippen LogP contribution < -0.4 is 17.0 Å². The fourth-order valence-electron chi connectivity index (χ4n) is 2.36. The summed E-state index contributed by atoms with van der Waals surface area (Å²) in [6.45, 7) is -0.384. The van der Waals surface area contributed by atoms with Gasteiger partial charge in [-0.2, -0.15) is 4.98 Å². The zero-order valence-electron chi connectivity index (χ0n) is 10.8. The maximum absolute atomic E-state index is 12.0. The molecule has 1 aliphatic rings. The first kappa shape index (κ1) is 13.7. The zero-order valence-corrected chi connectivity index (χ0v) is 10.8. The topological polar surface area (TPSA) is 156 Å². The third-order valence-electron chi connectivity index (χ3n) is 3.37. The van der Waals surface area contributed by atoms with Gasteiger partial charge < -0.3 is 20.7 Å². The van der Waals surface area contributed by atoms with Crippen molar-refractivity contribution in [2.45, 2.75) is 24.9 Å². The highest BCUT2D eigenvalue weighted by molar-refractivity contribution is 5.73. The van der Waals surface area contributed by atoms with Gasteiger partial charge in [0.1, 0.15) is 17.7 Å². The van der Waals surface area contributed by atoms with Crippen molar-refractivity contribution >= 4 is 17.0 Å². The number of nitrogens with one attached hydrogen (secondary N) is 1. The number of anilines is 1. The highest BCUT2D eigenvalue weighted by atomic mass is 16.5. The molecule has 3 rings (SSSR count). The largest absolute Gasteiger partial charge is 0.394 e. The molecule has 0 aromatic carbocycles. The molecular formula is C11H13N5O5. The van der Waals surface area contributed by atoms with Crippen LogP contribution in [0.4, 0.5) is 5.95 Å². The van der Waals surface area contributed by atoms with E-state index < -0.39 is 29.7 Å². The van der Waals surface area contributed by atoms with E-state index in [1.165, 1.54) is 6.20 Å². The maximum Gasteiger partial charge on any atom is 0.332 e. The zero-order chi connectivity index (χ0) is 15.1. The summed E-state index contributed by atoms with van der Waals surface area (Å²) in [6, 6.07) is 0. The number of H-pyrrole nitrogens is 1. The maximum atomic E-state index is 12.0. The highest BCUT2D eigenvalue weighted by Gasteiger charge is 2.36. The van der Waals surface area contributed by atoms with Crippen molar-refractivity contribution in [2.24, 2.45) is 0 Å². The first-order chi connectivity index (χ1) is 10.0. The van der Waals surface area contributed by atoms with Crippen LogP contribution in [-0.4, -0.2) is 48.5 Å². The third-order valence-corrected chi connectivity index (χ3v) is 3.37. The average Bonchev–Trinajstić information content (AvgIpc) is 2.79. The van der Waals surface area contributed by atoms with Crippen LogP contribution in [0.2, 0.25) is 0 Å². The van der Waals surface area contributed by atoms with Gasteiger partial charge in [0.05, 0.1) is 12.7 Å². The van der Waals surface area contributed by atoms with Gasteiger partial charge in [-0.15, -0.1) is 0 Å². The van der Waals surface area contributed by atoms with Crippen LogP contribution in [0.25, 0.3) is 11.0 Å². The summed E-state index contributed by atoms with van der Waals surface area (Å²) in [4.78, 5) is 33.5. The normalized spacial score (nSPS) is 25.5. The second-order valence-corrected chi connectivity index (χ2v) is 4.71. The van der Waals surface area contributed by atoms with E-state index in [1.807, 2.05) is 0 Å². The van der Waals surface area contributed by atoms with Crippen LogP contribution in [0.1, 0.15) is 12.6 Å². The first-order valence-electron chi connectivity index (χ1n) is 6.22. The minimum absolute atomic E-state index is 0.0204. The van der Waals surface area contributed by atoms with Crippen molar-refractivity contribution in [1.82, 2.24) is 19.5 Å². The lowest BCUT2D eigenvalue weighted by Gasteiger charge is -2.16. The number of hydrogen-bond donors (Lipinski definition) is 4. The first-order valence-corrected chi connectivity index (χ1v) is 6.22. The fourth-order valence-corrected chi connectivity index (χ4v) is 2.36. The van der Waals surface area contributed by atoms with Gasteiger partial charge in [-0.05, 0) is 0 Å². The van der Waals surface area contributed by atoms with E-state index >= 15 is 0 Å². The van der Waals surface area contributed by atoms with E-state index in [0.717, 1.165) is 4.57 Å². The van der Waals surface area contributed by atoms with Crippen molar-refractivity contribution in [3.8, 4) is 0 Å². The smallest absolute Gasteiger partial charge is 0.332 e. The Morgan fingerprint density at radius 2 is 2.29 bits per heavy atom. The minimum Gasteiger partial charge on any atom is -0.394 e. The Morgan fingerprint density at radius 1 is 1.52 bits per heavy atom. The Hall–Kier alpha value is -2.30. The van der Waals surface area contributed by atoms with Gasteiger partial charge in [-0.3, -0.25) is 14.3 Å². The van der Waals surface area contributed by atoms with Crippen LogP contribution in [0.5, 0.6) is 0 Å². The lowest BCUT2D eigenvalue weighted by Crippen LogP contribution is -2.34. The molecular weight excluding hydrogens is 282 g/mol. The molecule has 1 saturated heterocycles. The van der Waals surface area contributed by atoms with Gasteiger partial charge in [-0.25, -0.2) is 9.78 Å². The van der Waals surface area contributed by atoms with Gasteiger partial charge >= 0.3 is 5.69 Å². The van der Waals surface area contributed by atoms with Crippen molar-refractivity contribution < 1.29 is 14.9 Å². The van der Waals surface area contributed by atoms with Crippen LogP contribution in [0, 0.1) is 0 Å². The Morgan fingerprint density at radius 3 is 2.95 bits per heavy atom. The van der Waals surface area contributed by atoms with E-state index in [1.54, 1.807) is 0 Å². The van der Waals surface area contributed by atoms with Crippen molar-refractivity contribution in [3.05, 3.63) is 27.0 Å². The Balaban J connectivity index is 2.21. The van der Waals surface area contributed by atoms with Gasteiger partial charge in [-0.1, -0.05) is 0 Å². The molecule has 0 saturated carbocycles. The molecule has 0 aliphatic carbocycles. The average molecular weight is 295 g/mol. The van der Waals surface area contributed by atoms with Crippen molar-refractivity contribution in [3.63, 3.8) is 0 Å². The lowest BCUT2D eigenvalue weighted by molar-refractivity contribution is -0.0445. The van der Waals surface area contributed by atoms with E-state index in [2.05, 4.69) is 15.0 Å². The molecule has 3 heterocycles. The number of aromatic nitrogens is 4. The molecule has 112 valence electrons. The van der Waals surface area contributed by atoms with Gasteiger partial charge in [0, 0.05) is 12.6 Å². The predicted molar refractivity (Wildman–Crippen MR) is 70.5 cm³/mol. The van der Waals surface area contributed by atoms with Crippen LogP contribution in [-0.2, 0) is 4.74 Å². The molecule has 5 N–H and O–H groups in total. The Kier molecular flexibility index (Phi) is 3.20. The Bertz CT molecular complexity index is 800. The number of fused-ring (bicyclic) bond motifs is 1.